The highest BCUT2D eigenvalue weighted by molar-refractivity contribution is 14.0. The van der Waals surface area contributed by atoms with Crippen LogP contribution in [-0.4, -0.2) is 81.3 Å². The number of aliphatic imine (C=N–C) groups is 1. The van der Waals surface area contributed by atoms with Gasteiger partial charge in [-0.2, -0.15) is 0 Å². The summed E-state index contributed by atoms with van der Waals surface area (Å²) < 4.78 is 16.4. The Morgan fingerprint density at radius 2 is 1.73 bits per heavy atom. The van der Waals surface area contributed by atoms with Crippen LogP contribution in [0.1, 0.15) is 18.2 Å². The van der Waals surface area contributed by atoms with Crippen molar-refractivity contribution in [2.24, 2.45) is 4.99 Å². The Hall–Kier alpha value is -2.27. The SMILES string of the molecule is CCNC(=NCCc1ccccn1)N1CCN(Cc2cc(OC)c(OC)c(OC)c2)CC1.I. The zero-order valence-corrected chi connectivity index (χ0v) is 22.4. The Kier molecular flexibility index (Phi) is 11.5. The number of rotatable bonds is 9. The first-order valence-corrected chi connectivity index (χ1v) is 11.1. The number of ether oxygens (including phenoxy) is 3. The number of aromatic nitrogens is 1. The normalized spacial score (nSPS) is 14.4. The number of nitrogens with one attached hydrogen (secondary N) is 1. The summed E-state index contributed by atoms with van der Waals surface area (Å²) in [5, 5.41) is 3.44. The molecule has 9 heteroatoms. The molecule has 182 valence electrons. The fraction of sp³-hybridized carbons (Fsp3) is 0.500. The molecule has 3 rings (SSSR count). The summed E-state index contributed by atoms with van der Waals surface area (Å²) in [6, 6.07) is 10.1. The summed E-state index contributed by atoms with van der Waals surface area (Å²) in [5.74, 6) is 2.99. The first-order chi connectivity index (χ1) is 15.7. The summed E-state index contributed by atoms with van der Waals surface area (Å²) in [7, 11) is 4.92. The predicted molar refractivity (Wildman–Crippen MR) is 142 cm³/mol. The maximum absolute atomic E-state index is 5.49. The lowest BCUT2D eigenvalue weighted by atomic mass is 10.1. The van der Waals surface area contributed by atoms with Gasteiger partial charge in [-0.05, 0) is 36.8 Å². The van der Waals surface area contributed by atoms with Gasteiger partial charge in [-0.3, -0.25) is 14.9 Å². The topological polar surface area (TPSA) is 71.5 Å². The number of piperazine rings is 1. The van der Waals surface area contributed by atoms with E-state index in [-0.39, 0.29) is 24.0 Å². The smallest absolute Gasteiger partial charge is 0.203 e. The van der Waals surface area contributed by atoms with Gasteiger partial charge in [0.25, 0.3) is 0 Å². The van der Waals surface area contributed by atoms with E-state index in [0.717, 1.165) is 69.5 Å². The van der Waals surface area contributed by atoms with Crippen LogP contribution in [0.5, 0.6) is 17.2 Å². The maximum Gasteiger partial charge on any atom is 0.203 e. The number of hydrogen-bond donors (Lipinski definition) is 1. The number of guanidine groups is 1. The molecule has 0 saturated carbocycles. The van der Waals surface area contributed by atoms with Crippen molar-refractivity contribution >= 4 is 29.9 Å². The molecule has 2 aromatic rings. The van der Waals surface area contributed by atoms with Crippen molar-refractivity contribution in [2.75, 3.05) is 60.6 Å². The van der Waals surface area contributed by atoms with Crippen molar-refractivity contribution in [1.82, 2.24) is 20.1 Å². The minimum atomic E-state index is 0. The number of hydrogen-bond acceptors (Lipinski definition) is 6. The second kappa shape index (κ2) is 14.1. The van der Waals surface area contributed by atoms with Crippen molar-refractivity contribution in [3.8, 4) is 17.2 Å². The van der Waals surface area contributed by atoms with Crippen LogP contribution >= 0.6 is 24.0 Å². The summed E-state index contributed by atoms with van der Waals surface area (Å²) in [6.45, 7) is 8.30. The highest BCUT2D eigenvalue weighted by atomic mass is 127. The fourth-order valence-electron chi connectivity index (χ4n) is 3.85. The summed E-state index contributed by atoms with van der Waals surface area (Å²) in [5.41, 5.74) is 2.21. The van der Waals surface area contributed by atoms with Crippen LogP contribution in [0.4, 0.5) is 0 Å². The first kappa shape index (κ1) is 27.0. The molecule has 0 aliphatic carbocycles. The largest absolute Gasteiger partial charge is 0.493 e. The lowest BCUT2D eigenvalue weighted by Crippen LogP contribution is -2.52. The van der Waals surface area contributed by atoms with Gasteiger partial charge in [0.2, 0.25) is 5.75 Å². The number of halogens is 1. The van der Waals surface area contributed by atoms with Gasteiger partial charge in [-0.15, -0.1) is 24.0 Å². The molecule has 0 atom stereocenters. The monoisotopic (exact) mass is 569 g/mol. The van der Waals surface area contributed by atoms with E-state index in [9.17, 15) is 0 Å². The predicted octanol–water partition coefficient (Wildman–Crippen LogP) is 3.05. The zero-order chi connectivity index (χ0) is 22.8. The minimum Gasteiger partial charge on any atom is -0.493 e. The average molecular weight is 569 g/mol. The lowest BCUT2D eigenvalue weighted by Gasteiger charge is -2.36. The standard InChI is InChI=1S/C24H35N5O3.HI/c1-5-25-24(27-11-9-20-8-6-7-10-26-20)29-14-12-28(13-15-29)18-19-16-21(30-2)23(32-4)22(17-19)31-3;/h6-8,10,16-17H,5,9,11-15,18H2,1-4H3,(H,25,27);1H. The molecule has 0 bridgehead atoms. The van der Waals surface area contributed by atoms with Gasteiger partial charge >= 0.3 is 0 Å². The van der Waals surface area contributed by atoms with Crippen molar-refractivity contribution in [2.45, 2.75) is 19.9 Å². The number of pyridine rings is 1. The summed E-state index contributed by atoms with van der Waals surface area (Å²) in [6.07, 6.45) is 2.67. The summed E-state index contributed by atoms with van der Waals surface area (Å²) >= 11 is 0. The third-order valence-corrected chi connectivity index (χ3v) is 5.49. The Morgan fingerprint density at radius 3 is 2.27 bits per heavy atom. The van der Waals surface area contributed by atoms with Crippen LogP contribution in [0.2, 0.25) is 0 Å². The van der Waals surface area contributed by atoms with Crippen molar-refractivity contribution in [1.29, 1.82) is 0 Å². The molecule has 0 spiro atoms. The highest BCUT2D eigenvalue weighted by Crippen LogP contribution is 2.38. The molecule has 1 aliphatic heterocycles. The van der Waals surface area contributed by atoms with Gasteiger partial charge in [-0.25, -0.2) is 0 Å². The average Bonchev–Trinajstić information content (AvgIpc) is 2.84. The maximum atomic E-state index is 5.49. The van der Waals surface area contributed by atoms with Gasteiger partial charge in [0.05, 0.1) is 21.3 Å². The Bertz CT molecular complexity index is 849. The third kappa shape index (κ3) is 7.63. The molecule has 1 aliphatic rings. The van der Waals surface area contributed by atoms with Gasteiger partial charge in [0, 0.05) is 64.1 Å². The van der Waals surface area contributed by atoms with Gasteiger partial charge in [-0.1, -0.05) is 6.07 Å². The molecule has 1 saturated heterocycles. The number of nitrogens with zero attached hydrogens (tertiary/aromatic N) is 4. The molecule has 2 heterocycles. The molecule has 0 radical (unpaired) electrons. The quantitative estimate of drug-likeness (QED) is 0.283. The first-order valence-electron chi connectivity index (χ1n) is 11.1. The fourth-order valence-corrected chi connectivity index (χ4v) is 3.85. The molecule has 1 fully saturated rings. The van der Waals surface area contributed by atoms with Crippen LogP contribution in [0.3, 0.4) is 0 Å². The molecule has 1 aromatic carbocycles. The van der Waals surface area contributed by atoms with E-state index in [2.05, 4.69) is 27.0 Å². The molecule has 0 amide bonds. The second-order valence-electron chi connectivity index (χ2n) is 7.60. The Labute approximate surface area is 214 Å². The van der Waals surface area contributed by atoms with Crippen LogP contribution < -0.4 is 19.5 Å². The van der Waals surface area contributed by atoms with E-state index >= 15 is 0 Å². The van der Waals surface area contributed by atoms with E-state index in [0.29, 0.717) is 17.2 Å². The molecular formula is C24H36IN5O3. The Balaban J connectivity index is 0.00000385. The van der Waals surface area contributed by atoms with Crippen LogP contribution in [0.25, 0.3) is 0 Å². The van der Waals surface area contributed by atoms with E-state index in [1.807, 2.05) is 36.5 Å². The molecule has 1 N–H and O–H groups in total. The van der Waals surface area contributed by atoms with Gasteiger partial charge < -0.3 is 24.4 Å². The zero-order valence-electron chi connectivity index (χ0n) is 20.0. The van der Waals surface area contributed by atoms with Crippen LogP contribution in [0.15, 0.2) is 41.5 Å². The van der Waals surface area contributed by atoms with E-state index in [1.165, 1.54) is 0 Å². The molecule has 8 nitrogen and oxygen atoms in total. The number of benzene rings is 1. The van der Waals surface area contributed by atoms with E-state index in [4.69, 9.17) is 19.2 Å². The van der Waals surface area contributed by atoms with Crippen molar-refractivity contribution in [3.05, 3.63) is 47.8 Å². The van der Waals surface area contributed by atoms with Crippen LogP contribution in [-0.2, 0) is 13.0 Å². The second-order valence-corrected chi connectivity index (χ2v) is 7.60. The van der Waals surface area contributed by atoms with Gasteiger partial charge in [0.15, 0.2) is 17.5 Å². The van der Waals surface area contributed by atoms with Crippen molar-refractivity contribution in [3.63, 3.8) is 0 Å². The van der Waals surface area contributed by atoms with E-state index in [1.54, 1.807) is 21.3 Å². The lowest BCUT2D eigenvalue weighted by molar-refractivity contribution is 0.172. The summed E-state index contributed by atoms with van der Waals surface area (Å²) in [4.78, 5) is 14.0. The van der Waals surface area contributed by atoms with E-state index < -0.39 is 0 Å². The highest BCUT2D eigenvalue weighted by Gasteiger charge is 2.21. The molecule has 1 aromatic heterocycles. The molecule has 0 unspecified atom stereocenters. The molecule has 33 heavy (non-hydrogen) atoms. The third-order valence-electron chi connectivity index (χ3n) is 5.49. The minimum absolute atomic E-state index is 0. The van der Waals surface area contributed by atoms with Crippen LogP contribution in [0, 0.1) is 0 Å². The van der Waals surface area contributed by atoms with Gasteiger partial charge in [0.1, 0.15) is 0 Å². The Morgan fingerprint density at radius 1 is 1.03 bits per heavy atom. The molecular weight excluding hydrogens is 533 g/mol. The van der Waals surface area contributed by atoms with Crippen molar-refractivity contribution < 1.29 is 14.2 Å². The number of methoxy groups -OCH3 is 3.